The molecule has 0 radical (unpaired) electrons. The highest BCUT2D eigenvalue weighted by Gasteiger charge is 2.43. The summed E-state index contributed by atoms with van der Waals surface area (Å²) >= 11 is 0. The molecule has 0 spiro atoms. The summed E-state index contributed by atoms with van der Waals surface area (Å²) in [5, 5.41) is 15.6. The average Bonchev–Trinajstić information content (AvgIpc) is 3.50. The predicted molar refractivity (Wildman–Crippen MR) is 110 cm³/mol. The van der Waals surface area contributed by atoms with Crippen LogP contribution in [0.4, 0.5) is 4.39 Å². The molecule has 1 aliphatic carbocycles. The number of nitrogens with one attached hydrogen (secondary N) is 2. The monoisotopic (exact) mass is 419 g/mol. The smallest absolute Gasteiger partial charge is 0.338 e. The van der Waals surface area contributed by atoms with Crippen molar-refractivity contribution in [2.45, 2.75) is 50.4 Å². The fraction of sp³-hybridized carbons (Fsp3) is 0.375. The van der Waals surface area contributed by atoms with Crippen LogP contribution < -0.4 is 10.6 Å². The Hall–Kier alpha value is -3.24. The van der Waals surface area contributed by atoms with E-state index >= 15 is 0 Å². The van der Waals surface area contributed by atoms with Crippen molar-refractivity contribution in [1.82, 2.24) is 10.6 Å². The quantitative estimate of drug-likeness (QED) is 0.728. The number of hydrogen-bond donors (Lipinski definition) is 2. The van der Waals surface area contributed by atoms with E-state index in [0.717, 1.165) is 30.4 Å². The van der Waals surface area contributed by atoms with Gasteiger partial charge in [-0.2, -0.15) is 5.26 Å². The SMILES string of the molecule is N#CC(Cc1ccc(-c2ccc3c(c2)COC3=O)cc1F)NC(=O)[C@H]1NC2CCC1C2. The number of nitriles is 1. The van der Waals surface area contributed by atoms with E-state index < -0.39 is 11.9 Å². The number of amides is 1. The maximum Gasteiger partial charge on any atom is 0.338 e. The van der Waals surface area contributed by atoms with Gasteiger partial charge in [-0.05, 0) is 60.1 Å². The number of cyclic esters (lactones) is 1. The Morgan fingerprint density at radius 2 is 2.06 bits per heavy atom. The van der Waals surface area contributed by atoms with Gasteiger partial charge in [0.2, 0.25) is 5.91 Å². The van der Waals surface area contributed by atoms with E-state index in [0.29, 0.717) is 28.7 Å². The van der Waals surface area contributed by atoms with Gasteiger partial charge < -0.3 is 15.4 Å². The first kappa shape index (κ1) is 19.7. The third-order valence-electron chi connectivity index (χ3n) is 6.61. The van der Waals surface area contributed by atoms with Gasteiger partial charge in [0.05, 0.1) is 17.7 Å². The zero-order valence-corrected chi connectivity index (χ0v) is 16.9. The molecule has 4 atom stereocenters. The molecule has 3 unspecified atom stereocenters. The van der Waals surface area contributed by atoms with Crippen molar-refractivity contribution in [3.8, 4) is 17.2 Å². The zero-order chi connectivity index (χ0) is 21.5. The second-order valence-electron chi connectivity index (χ2n) is 8.56. The standard InChI is InChI=1S/C24H22FN3O3/c25-21-10-14(13-4-6-20-17(7-13)12-31-24(20)30)1-2-15(21)8-19(11-26)28-23(29)22-16-3-5-18(9-16)27-22/h1-2,4,6-7,10,16,18-19,22,27H,3,5,8-9,12H2,(H,28,29)/t16?,18?,19?,22-/m0/s1. The van der Waals surface area contributed by atoms with Crippen LogP contribution in [0.1, 0.15) is 40.7 Å². The molecule has 0 aromatic heterocycles. The molecule has 2 N–H and O–H groups in total. The number of carbonyl (C=O) groups is 2. The highest BCUT2D eigenvalue weighted by atomic mass is 19.1. The van der Waals surface area contributed by atoms with Crippen LogP contribution in [-0.2, 0) is 22.6 Å². The Bertz CT molecular complexity index is 1110. The average molecular weight is 419 g/mol. The van der Waals surface area contributed by atoms with Crippen LogP contribution in [-0.4, -0.2) is 30.0 Å². The van der Waals surface area contributed by atoms with Gasteiger partial charge in [-0.1, -0.05) is 18.2 Å². The number of esters is 1. The van der Waals surface area contributed by atoms with E-state index in [1.807, 2.05) is 6.07 Å². The zero-order valence-electron chi connectivity index (χ0n) is 16.9. The number of benzene rings is 2. The summed E-state index contributed by atoms with van der Waals surface area (Å²) in [5.41, 5.74) is 3.16. The Morgan fingerprint density at radius 1 is 1.26 bits per heavy atom. The van der Waals surface area contributed by atoms with Crippen molar-refractivity contribution in [2.24, 2.45) is 5.92 Å². The van der Waals surface area contributed by atoms with Crippen LogP contribution in [0.25, 0.3) is 11.1 Å². The van der Waals surface area contributed by atoms with Gasteiger partial charge in [0, 0.05) is 18.0 Å². The van der Waals surface area contributed by atoms with Gasteiger partial charge in [0.1, 0.15) is 18.5 Å². The molecule has 31 heavy (non-hydrogen) atoms. The van der Waals surface area contributed by atoms with E-state index in [1.54, 1.807) is 24.3 Å². The van der Waals surface area contributed by atoms with Gasteiger partial charge in [0.25, 0.3) is 0 Å². The second-order valence-corrected chi connectivity index (χ2v) is 8.56. The van der Waals surface area contributed by atoms with E-state index in [4.69, 9.17) is 4.74 Å². The molecule has 1 saturated heterocycles. The van der Waals surface area contributed by atoms with Crippen LogP contribution in [0.2, 0.25) is 0 Å². The molecule has 2 bridgehead atoms. The third kappa shape index (κ3) is 3.68. The fourth-order valence-corrected chi connectivity index (χ4v) is 4.97. The molecular weight excluding hydrogens is 397 g/mol. The summed E-state index contributed by atoms with van der Waals surface area (Å²) in [4.78, 5) is 24.2. The summed E-state index contributed by atoms with van der Waals surface area (Å²) < 4.78 is 19.8. The molecular formula is C24H22FN3O3. The number of piperidine rings is 1. The minimum Gasteiger partial charge on any atom is -0.457 e. The minimum atomic E-state index is -0.795. The molecule has 2 aliphatic heterocycles. The molecule has 1 saturated carbocycles. The lowest BCUT2D eigenvalue weighted by Crippen LogP contribution is -2.50. The Morgan fingerprint density at radius 3 is 2.77 bits per heavy atom. The summed E-state index contributed by atoms with van der Waals surface area (Å²) in [5.74, 6) is -0.620. The molecule has 6 nitrogen and oxygen atoms in total. The van der Waals surface area contributed by atoms with E-state index in [-0.39, 0.29) is 30.9 Å². The molecule has 7 heteroatoms. The molecule has 2 heterocycles. The summed E-state index contributed by atoms with van der Waals surface area (Å²) in [6.45, 7) is 0.226. The van der Waals surface area contributed by atoms with Crippen molar-refractivity contribution in [3.63, 3.8) is 0 Å². The first-order chi connectivity index (χ1) is 15.0. The number of nitrogens with zero attached hydrogens (tertiary/aromatic N) is 1. The summed E-state index contributed by atoms with van der Waals surface area (Å²) in [7, 11) is 0. The van der Waals surface area contributed by atoms with Gasteiger partial charge in [-0.25, -0.2) is 9.18 Å². The Kier molecular flexibility index (Phi) is 4.95. The number of rotatable bonds is 5. The van der Waals surface area contributed by atoms with Crippen molar-refractivity contribution in [3.05, 3.63) is 58.9 Å². The lowest BCUT2D eigenvalue weighted by Gasteiger charge is -2.23. The van der Waals surface area contributed by atoms with Gasteiger partial charge >= 0.3 is 5.97 Å². The van der Waals surface area contributed by atoms with Crippen molar-refractivity contribution < 1.29 is 18.7 Å². The topological polar surface area (TPSA) is 91.2 Å². The first-order valence-corrected chi connectivity index (χ1v) is 10.6. The maximum atomic E-state index is 14.8. The third-order valence-corrected chi connectivity index (χ3v) is 6.61. The van der Waals surface area contributed by atoms with Crippen molar-refractivity contribution >= 4 is 11.9 Å². The fourth-order valence-electron chi connectivity index (χ4n) is 4.97. The van der Waals surface area contributed by atoms with Gasteiger partial charge in [0.15, 0.2) is 0 Å². The first-order valence-electron chi connectivity index (χ1n) is 10.6. The van der Waals surface area contributed by atoms with Crippen LogP contribution in [0.5, 0.6) is 0 Å². The Labute approximate surface area is 179 Å². The molecule has 3 aliphatic rings. The van der Waals surface area contributed by atoms with Gasteiger partial charge in [-0.15, -0.1) is 0 Å². The van der Waals surface area contributed by atoms with Crippen molar-refractivity contribution in [1.29, 1.82) is 5.26 Å². The number of hydrogen-bond acceptors (Lipinski definition) is 5. The second kappa shape index (κ2) is 7.78. The molecule has 158 valence electrons. The number of ether oxygens (including phenoxy) is 1. The lowest BCUT2D eigenvalue weighted by atomic mass is 9.97. The van der Waals surface area contributed by atoms with Crippen LogP contribution in [0.15, 0.2) is 36.4 Å². The van der Waals surface area contributed by atoms with Gasteiger partial charge in [-0.3, -0.25) is 4.79 Å². The molecule has 2 fully saturated rings. The van der Waals surface area contributed by atoms with E-state index in [1.165, 1.54) is 6.07 Å². The van der Waals surface area contributed by atoms with E-state index in [9.17, 15) is 19.2 Å². The summed E-state index contributed by atoms with van der Waals surface area (Å²) in [6.07, 6.45) is 3.24. The molecule has 5 rings (SSSR count). The van der Waals surface area contributed by atoms with E-state index in [2.05, 4.69) is 16.7 Å². The lowest BCUT2D eigenvalue weighted by molar-refractivity contribution is -0.124. The Balaban J connectivity index is 1.28. The van der Waals surface area contributed by atoms with Crippen molar-refractivity contribution in [2.75, 3.05) is 0 Å². The molecule has 1 amide bonds. The number of carbonyl (C=O) groups excluding carboxylic acids is 2. The highest BCUT2D eigenvalue weighted by molar-refractivity contribution is 5.94. The molecule has 2 aromatic carbocycles. The number of halogens is 1. The minimum absolute atomic E-state index is 0.0989. The van der Waals surface area contributed by atoms with Crippen LogP contribution in [0.3, 0.4) is 0 Å². The van der Waals surface area contributed by atoms with Crippen LogP contribution in [0, 0.1) is 23.1 Å². The maximum absolute atomic E-state index is 14.8. The number of fused-ring (bicyclic) bond motifs is 3. The summed E-state index contributed by atoms with van der Waals surface area (Å²) in [6, 6.07) is 11.6. The largest absolute Gasteiger partial charge is 0.457 e. The van der Waals surface area contributed by atoms with Crippen LogP contribution >= 0.6 is 0 Å². The predicted octanol–water partition coefficient (Wildman–Crippen LogP) is 2.85. The highest BCUT2D eigenvalue weighted by Crippen LogP contribution is 2.35. The molecule has 2 aromatic rings. The normalized spacial score (nSPS) is 24.4.